The van der Waals surface area contributed by atoms with Crippen molar-refractivity contribution in [2.45, 2.75) is 25.9 Å². The van der Waals surface area contributed by atoms with Crippen LogP contribution < -0.4 is 4.90 Å². The Morgan fingerprint density at radius 1 is 1.38 bits per heavy atom. The maximum atomic E-state index is 12.5. The summed E-state index contributed by atoms with van der Waals surface area (Å²) < 4.78 is 0. The third kappa shape index (κ3) is 2.95. The number of fused-ring (bicyclic) bond motifs is 1. The van der Waals surface area contributed by atoms with E-state index in [9.17, 15) is 4.79 Å². The molecule has 0 fully saturated rings. The molecular formula is C17H20N2OS. The lowest BCUT2D eigenvalue weighted by atomic mass is 10.1. The lowest BCUT2D eigenvalue weighted by Gasteiger charge is -2.27. The maximum absolute atomic E-state index is 12.5. The zero-order valence-electron chi connectivity index (χ0n) is 12.5. The minimum Gasteiger partial charge on any atom is -0.359 e. The van der Waals surface area contributed by atoms with Gasteiger partial charge in [0.25, 0.3) is 0 Å². The van der Waals surface area contributed by atoms with Gasteiger partial charge in [0.1, 0.15) is 0 Å². The van der Waals surface area contributed by atoms with Crippen molar-refractivity contribution in [3.05, 3.63) is 52.2 Å². The van der Waals surface area contributed by atoms with Gasteiger partial charge in [-0.05, 0) is 47.4 Å². The van der Waals surface area contributed by atoms with Crippen LogP contribution in [0.3, 0.4) is 0 Å². The number of hydrogen-bond acceptors (Lipinski definition) is 3. The van der Waals surface area contributed by atoms with Crippen LogP contribution in [0.2, 0.25) is 0 Å². The normalized spacial score (nSPS) is 16.9. The molecule has 2 heterocycles. The fourth-order valence-electron chi connectivity index (χ4n) is 2.88. The monoisotopic (exact) mass is 300 g/mol. The number of carbonyl (C=O) groups excluding carboxylic acids is 1. The Kier molecular flexibility index (Phi) is 3.97. The van der Waals surface area contributed by atoms with E-state index in [4.69, 9.17) is 0 Å². The summed E-state index contributed by atoms with van der Waals surface area (Å²) in [4.78, 5) is 16.5. The third-order valence-electron chi connectivity index (χ3n) is 4.08. The highest BCUT2D eigenvalue weighted by Crippen LogP contribution is 2.31. The van der Waals surface area contributed by atoms with Crippen molar-refractivity contribution in [1.82, 2.24) is 4.90 Å². The van der Waals surface area contributed by atoms with Gasteiger partial charge in [-0.1, -0.05) is 18.2 Å². The molecule has 3 rings (SSSR count). The molecule has 2 aromatic rings. The standard InChI is InChI=1S/C17H20N2OS/c1-13-9-15-5-3-4-6-16(15)19(13)11-17(20)18(2)10-14-7-8-21-12-14/h3-8,12-13H,9-11H2,1-2H3/t13-/m0/s1. The van der Waals surface area contributed by atoms with Crippen LogP contribution in [0.15, 0.2) is 41.1 Å². The fourth-order valence-corrected chi connectivity index (χ4v) is 3.54. The number of para-hydroxylation sites is 1. The van der Waals surface area contributed by atoms with Gasteiger partial charge in [-0.15, -0.1) is 0 Å². The summed E-state index contributed by atoms with van der Waals surface area (Å²) in [5.41, 5.74) is 3.76. The number of thiophene rings is 1. The molecule has 4 heteroatoms. The predicted octanol–water partition coefficient (Wildman–Crippen LogP) is 3.16. The van der Waals surface area contributed by atoms with Gasteiger partial charge in [0.15, 0.2) is 0 Å². The summed E-state index contributed by atoms with van der Waals surface area (Å²) in [6.07, 6.45) is 1.03. The molecule has 0 unspecified atom stereocenters. The average Bonchev–Trinajstić information content (AvgIpc) is 3.07. The van der Waals surface area contributed by atoms with Crippen LogP contribution in [-0.2, 0) is 17.8 Å². The molecule has 1 aliphatic rings. The third-order valence-corrected chi connectivity index (χ3v) is 4.81. The molecule has 0 aliphatic carbocycles. The Hall–Kier alpha value is -1.81. The molecule has 0 saturated heterocycles. The molecule has 1 amide bonds. The molecule has 21 heavy (non-hydrogen) atoms. The number of benzene rings is 1. The average molecular weight is 300 g/mol. The van der Waals surface area contributed by atoms with Crippen LogP contribution in [0.1, 0.15) is 18.1 Å². The molecule has 1 aromatic heterocycles. The van der Waals surface area contributed by atoms with Crippen molar-refractivity contribution < 1.29 is 4.79 Å². The van der Waals surface area contributed by atoms with E-state index in [1.54, 1.807) is 11.3 Å². The smallest absolute Gasteiger partial charge is 0.242 e. The molecule has 0 saturated carbocycles. The Morgan fingerprint density at radius 2 is 2.19 bits per heavy atom. The zero-order valence-corrected chi connectivity index (χ0v) is 13.3. The highest BCUT2D eigenvalue weighted by atomic mass is 32.1. The summed E-state index contributed by atoms with van der Waals surface area (Å²) in [6.45, 7) is 3.33. The van der Waals surface area contributed by atoms with Crippen LogP contribution >= 0.6 is 11.3 Å². The summed E-state index contributed by atoms with van der Waals surface area (Å²) in [7, 11) is 1.88. The zero-order chi connectivity index (χ0) is 14.8. The minimum atomic E-state index is 0.171. The molecule has 1 atom stereocenters. The van der Waals surface area contributed by atoms with Crippen LogP contribution in [0.5, 0.6) is 0 Å². The van der Waals surface area contributed by atoms with E-state index in [1.807, 2.05) is 23.4 Å². The van der Waals surface area contributed by atoms with E-state index in [1.165, 1.54) is 16.8 Å². The first-order valence-electron chi connectivity index (χ1n) is 7.24. The number of carbonyl (C=O) groups is 1. The van der Waals surface area contributed by atoms with Gasteiger partial charge in [0.2, 0.25) is 5.91 Å². The predicted molar refractivity (Wildman–Crippen MR) is 87.7 cm³/mol. The lowest BCUT2D eigenvalue weighted by molar-refractivity contribution is -0.129. The van der Waals surface area contributed by atoms with Gasteiger partial charge in [-0.2, -0.15) is 11.3 Å². The molecule has 0 N–H and O–H groups in total. The molecule has 110 valence electrons. The van der Waals surface area contributed by atoms with Gasteiger partial charge in [0, 0.05) is 25.3 Å². The SMILES string of the molecule is C[C@H]1Cc2ccccc2N1CC(=O)N(C)Cc1ccsc1. The van der Waals surface area contributed by atoms with Gasteiger partial charge in [0.05, 0.1) is 6.54 Å². The topological polar surface area (TPSA) is 23.6 Å². The van der Waals surface area contributed by atoms with Crippen LogP contribution in [-0.4, -0.2) is 30.4 Å². The van der Waals surface area contributed by atoms with E-state index >= 15 is 0 Å². The van der Waals surface area contributed by atoms with Gasteiger partial charge < -0.3 is 9.80 Å². The van der Waals surface area contributed by atoms with Crippen LogP contribution in [0.25, 0.3) is 0 Å². The first-order chi connectivity index (χ1) is 10.1. The van der Waals surface area contributed by atoms with E-state index in [2.05, 4.69) is 41.5 Å². The van der Waals surface area contributed by atoms with Crippen molar-refractivity contribution in [1.29, 1.82) is 0 Å². The van der Waals surface area contributed by atoms with E-state index in [0.29, 0.717) is 19.1 Å². The number of anilines is 1. The van der Waals surface area contributed by atoms with E-state index < -0.39 is 0 Å². The number of amides is 1. The Bertz CT molecular complexity index is 623. The Labute approximate surface area is 129 Å². The molecular weight excluding hydrogens is 280 g/mol. The fraction of sp³-hybridized carbons (Fsp3) is 0.353. The number of nitrogens with zero attached hydrogens (tertiary/aromatic N) is 2. The van der Waals surface area contributed by atoms with Crippen molar-refractivity contribution in [2.75, 3.05) is 18.5 Å². The summed E-state index contributed by atoms with van der Waals surface area (Å²) >= 11 is 1.67. The number of rotatable bonds is 4. The number of hydrogen-bond donors (Lipinski definition) is 0. The van der Waals surface area contributed by atoms with Gasteiger partial charge in [-0.25, -0.2) is 0 Å². The molecule has 3 nitrogen and oxygen atoms in total. The van der Waals surface area contributed by atoms with E-state index in [-0.39, 0.29) is 5.91 Å². The molecule has 1 aromatic carbocycles. The quantitative estimate of drug-likeness (QED) is 0.866. The first-order valence-corrected chi connectivity index (χ1v) is 8.19. The second kappa shape index (κ2) is 5.90. The molecule has 0 spiro atoms. The van der Waals surface area contributed by atoms with Crippen molar-refractivity contribution >= 4 is 22.9 Å². The maximum Gasteiger partial charge on any atom is 0.242 e. The highest BCUT2D eigenvalue weighted by molar-refractivity contribution is 7.07. The summed E-state index contributed by atoms with van der Waals surface area (Å²) in [5.74, 6) is 0.171. The molecule has 0 bridgehead atoms. The largest absolute Gasteiger partial charge is 0.359 e. The van der Waals surface area contributed by atoms with Gasteiger partial charge >= 0.3 is 0 Å². The van der Waals surface area contributed by atoms with Gasteiger partial charge in [-0.3, -0.25) is 4.79 Å². The second-order valence-corrected chi connectivity index (χ2v) is 6.47. The summed E-state index contributed by atoms with van der Waals surface area (Å²) in [6, 6.07) is 10.8. The highest BCUT2D eigenvalue weighted by Gasteiger charge is 2.27. The Balaban J connectivity index is 1.67. The molecule has 0 radical (unpaired) electrons. The van der Waals surface area contributed by atoms with E-state index in [0.717, 1.165) is 6.42 Å². The lowest BCUT2D eigenvalue weighted by Crippen LogP contribution is -2.40. The van der Waals surface area contributed by atoms with Crippen molar-refractivity contribution in [3.8, 4) is 0 Å². The number of likely N-dealkylation sites (N-methyl/N-ethyl adjacent to an activating group) is 1. The van der Waals surface area contributed by atoms with Crippen LogP contribution in [0, 0.1) is 0 Å². The first kappa shape index (κ1) is 14.1. The van der Waals surface area contributed by atoms with Crippen LogP contribution in [0.4, 0.5) is 5.69 Å². The summed E-state index contributed by atoms with van der Waals surface area (Å²) in [5, 5.41) is 4.14. The second-order valence-electron chi connectivity index (χ2n) is 5.69. The Morgan fingerprint density at radius 3 is 2.95 bits per heavy atom. The minimum absolute atomic E-state index is 0.171. The van der Waals surface area contributed by atoms with Crippen molar-refractivity contribution in [3.63, 3.8) is 0 Å². The van der Waals surface area contributed by atoms with Crippen molar-refractivity contribution in [2.24, 2.45) is 0 Å². The molecule has 1 aliphatic heterocycles.